The first-order valence-electron chi connectivity index (χ1n) is 4.76. The molecule has 0 saturated carbocycles. The van der Waals surface area contributed by atoms with Crippen LogP contribution in [0, 0.1) is 5.92 Å². The molecule has 2 saturated heterocycles. The Kier molecular flexibility index (Phi) is 2.24. The first-order chi connectivity index (χ1) is 6.87. The number of thioether (sulfide) groups is 1. The lowest BCUT2D eigenvalue weighted by atomic mass is 9.92. The number of aliphatic carboxylic acids is 1. The van der Waals surface area contributed by atoms with Gasteiger partial charge in [-0.25, -0.2) is 0 Å². The molecule has 6 heteroatoms. The van der Waals surface area contributed by atoms with E-state index in [-0.39, 0.29) is 17.8 Å². The SMILES string of the molecule is CC(O)C1C(=O)N2CC(C)(C(=O)O)S[C@H]12. The second-order valence-electron chi connectivity index (χ2n) is 4.28. The van der Waals surface area contributed by atoms with Gasteiger partial charge in [0, 0.05) is 6.54 Å². The van der Waals surface area contributed by atoms with Crippen LogP contribution in [0.5, 0.6) is 0 Å². The van der Waals surface area contributed by atoms with Gasteiger partial charge in [-0.1, -0.05) is 0 Å². The Labute approximate surface area is 91.4 Å². The summed E-state index contributed by atoms with van der Waals surface area (Å²) < 4.78 is -0.927. The van der Waals surface area contributed by atoms with Gasteiger partial charge in [0.05, 0.1) is 17.4 Å². The van der Waals surface area contributed by atoms with Crippen LogP contribution in [0.2, 0.25) is 0 Å². The van der Waals surface area contributed by atoms with Crippen molar-refractivity contribution in [1.29, 1.82) is 0 Å². The summed E-state index contributed by atoms with van der Waals surface area (Å²) in [6, 6.07) is 0. The summed E-state index contributed by atoms with van der Waals surface area (Å²) in [7, 11) is 0. The second kappa shape index (κ2) is 3.12. The number of carbonyl (C=O) groups is 2. The molecule has 84 valence electrons. The van der Waals surface area contributed by atoms with Gasteiger partial charge in [-0.05, 0) is 13.8 Å². The number of nitrogens with zero attached hydrogens (tertiary/aromatic N) is 1. The van der Waals surface area contributed by atoms with Crippen molar-refractivity contribution < 1.29 is 19.8 Å². The maximum absolute atomic E-state index is 11.6. The van der Waals surface area contributed by atoms with Crippen LogP contribution in [0.4, 0.5) is 0 Å². The highest BCUT2D eigenvalue weighted by Crippen LogP contribution is 2.50. The average molecular weight is 231 g/mol. The third-order valence-corrected chi connectivity index (χ3v) is 4.62. The van der Waals surface area contributed by atoms with E-state index < -0.39 is 22.7 Å². The maximum Gasteiger partial charge on any atom is 0.321 e. The number of carbonyl (C=O) groups excluding carboxylic acids is 1. The number of β-lactam (4-membered cyclic amide) rings is 1. The van der Waals surface area contributed by atoms with E-state index in [0.29, 0.717) is 0 Å². The van der Waals surface area contributed by atoms with Gasteiger partial charge in [-0.15, -0.1) is 11.8 Å². The monoisotopic (exact) mass is 231 g/mol. The molecule has 2 rings (SSSR count). The van der Waals surface area contributed by atoms with Crippen molar-refractivity contribution in [2.75, 3.05) is 6.54 Å². The number of hydrogen-bond acceptors (Lipinski definition) is 4. The van der Waals surface area contributed by atoms with Crippen LogP contribution >= 0.6 is 11.8 Å². The van der Waals surface area contributed by atoms with Crippen LogP contribution in [0.25, 0.3) is 0 Å². The van der Waals surface area contributed by atoms with E-state index in [4.69, 9.17) is 5.11 Å². The van der Waals surface area contributed by atoms with E-state index in [2.05, 4.69) is 0 Å². The summed E-state index contributed by atoms with van der Waals surface area (Å²) in [6.07, 6.45) is -0.706. The van der Waals surface area contributed by atoms with Gasteiger partial charge in [-0.2, -0.15) is 0 Å². The number of aliphatic hydroxyl groups excluding tert-OH is 1. The number of rotatable bonds is 2. The fourth-order valence-corrected chi connectivity index (χ4v) is 3.69. The lowest BCUT2D eigenvalue weighted by molar-refractivity contribution is -0.156. The molecule has 2 heterocycles. The van der Waals surface area contributed by atoms with Gasteiger partial charge in [-0.3, -0.25) is 9.59 Å². The summed E-state index contributed by atoms with van der Waals surface area (Å²) in [5.74, 6) is -1.47. The number of hydrogen-bond donors (Lipinski definition) is 2. The molecule has 0 aliphatic carbocycles. The highest BCUT2D eigenvalue weighted by atomic mass is 32.2. The lowest BCUT2D eigenvalue weighted by Gasteiger charge is -2.42. The Morgan fingerprint density at radius 1 is 1.73 bits per heavy atom. The minimum absolute atomic E-state index is 0.132. The Morgan fingerprint density at radius 3 is 2.80 bits per heavy atom. The molecule has 2 N–H and O–H groups in total. The number of aliphatic hydroxyl groups is 1. The van der Waals surface area contributed by atoms with Crippen molar-refractivity contribution in [3.8, 4) is 0 Å². The van der Waals surface area contributed by atoms with Crippen LogP contribution in [0.1, 0.15) is 13.8 Å². The molecule has 15 heavy (non-hydrogen) atoms. The standard InChI is InChI=1S/C9H13NO4S/c1-4(11)5-6(12)10-3-9(2,8(13)14)15-7(5)10/h4-5,7,11H,3H2,1-2H3,(H,13,14)/t4?,5?,7-,9?/m1/s1. The van der Waals surface area contributed by atoms with E-state index in [9.17, 15) is 14.7 Å². The summed E-state index contributed by atoms with van der Waals surface area (Å²) >= 11 is 1.26. The van der Waals surface area contributed by atoms with Crippen LogP contribution in [-0.4, -0.2) is 49.8 Å². The Bertz CT molecular complexity index is 332. The molecule has 3 unspecified atom stereocenters. The molecule has 2 aliphatic heterocycles. The van der Waals surface area contributed by atoms with Gasteiger partial charge in [0.25, 0.3) is 0 Å². The minimum atomic E-state index is -0.927. The predicted molar refractivity (Wildman–Crippen MR) is 54.3 cm³/mol. The minimum Gasteiger partial charge on any atom is -0.480 e. The Morgan fingerprint density at radius 2 is 2.33 bits per heavy atom. The maximum atomic E-state index is 11.6. The van der Waals surface area contributed by atoms with Crippen LogP contribution in [0.3, 0.4) is 0 Å². The first-order valence-corrected chi connectivity index (χ1v) is 5.64. The molecule has 0 aromatic carbocycles. The molecule has 0 aromatic rings. The van der Waals surface area contributed by atoms with Crippen molar-refractivity contribution in [2.24, 2.45) is 5.92 Å². The first kappa shape index (κ1) is 10.8. The van der Waals surface area contributed by atoms with E-state index in [1.165, 1.54) is 16.7 Å². The third kappa shape index (κ3) is 1.35. The van der Waals surface area contributed by atoms with E-state index in [1.807, 2.05) is 0 Å². The summed E-state index contributed by atoms with van der Waals surface area (Å²) in [4.78, 5) is 24.1. The van der Waals surface area contributed by atoms with Crippen LogP contribution < -0.4 is 0 Å². The van der Waals surface area contributed by atoms with Crippen LogP contribution in [-0.2, 0) is 9.59 Å². The number of amides is 1. The molecule has 1 amide bonds. The molecule has 0 radical (unpaired) electrons. The third-order valence-electron chi connectivity index (χ3n) is 3.01. The highest BCUT2D eigenvalue weighted by Gasteiger charge is 2.60. The predicted octanol–water partition coefficient (Wildman–Crippen LogP) is -0.258. The van der Waals surface area contributed by atoms with E-state index >= 15 is 0 Å². The van der Waals surface area contributed by atoms with Crippen molar-refractivity contribution in [1.82, 2.24) is 4.90 Å². The van der Waals surface area contributed by atoms with Crippen molar-refractivity contribution in [2.45, 2.75) is 30.1 Å². The van der Waals surface area contributed by atoms with Gasteiger partial charge in [0.2, 0.25) is 5.91 Å². The average Bonchev–Trinajstić information content (AvgIpc) is 2.41. The second-order valence-corrected chi connectivity index (χ2v) is 5.90. The zero-order valence-electron chi connectivity index (χ0n) is 8.51. The molecule has 5 nitrogen and oxygen atoms in total. The quantitative estimate of drug-likeness (QED) is 0.640. The van der Waals surface area contributed by atoms with Crippen molar-refractivity contribution in [3.05, 3.63) is 0 Å². The summed E-state index contributed by atoms with van der Waals surface area (Å²) in [6.45, 7) is 3.42. The van der Waals surface area contributed by atoms with Crippen molar-refractivity contribution >= 4 is 23.6 Å². The zero-order valence-corrected chi connectivity index (χ0v) is 9.32. The van der Waals surface area contributed by atoms with Gasteiger partial charge in [0.15, 0.2) is 0 Å². The number of fused-ring (bicyclic) bond motifs is 1. The molecule has 0 aromatic heterocycles. The van der Waals surface area contributed by atoms with E-state index in [1.54, 1.807) is 13.8 Å². The number of carboxylic acid groups (broad SMARTS) is 1. The molecule has 0 spiro atoms. The van der Waals surface area contributed by atoms with Gasteiger partial charge < -0.3 is 15.1 Å². The fourth-order valence-electron chi connectivity index (χ4n) is 2.05. The largest absolute Gasteiger partial charge is 0.480 e. The topological polar surface area (TPSA) is 77.8 Å². The smallest absolute Gasteiger partial charge is 0.321 e. The summed E-state index contributed by atoms with van der Waals surface area (Å²) in [5.41, 5.74) is 0. The zero-order chi connectivity index (χ0) is 11.4. The molecule has 2 aliphatic rings. The van der Waals surface area contributed by atoms with Gasteiger partial charge in [0.1, 0.15) is 4.75 Å². The molecular weight excluding hydrogens is 218 g/mol. The van der Waals surface area contributed by atoms with Crippen molar-refractivity contribution in [3.63, 3.8) is 0 Å². The normalized spacial score (nSPS) is 41.0. The number of carboxylic acids is 1. The molecular formula is C9H13NO4S. The van der Waals surface area contributed by atoms with E-state index in [0.717, 1.165) is 0 Å². The van der Waals surface area contributed by atoms with Gasteiger partial charge >= 0.3 is 5.97 Å². The van der Waals surface area contributed by atoms with Crippen LogP contribution in [0.15, 0.2) is 0 Å². The molecule has 2 fully saturated rings. The molecule has 0 bridgehead atoms. The lowest BCUT2D eigenvalue weighted by Crippen LogP contribution is -2.60. The Balaban J connectivity index is 2.16. The highest BCUT2D eigenvalue weighted by molar-refractivity contribution is 8.02. The fraction of sp³-hybridized carbons (Fsp3) is 0.778. The molecule has 4 atom stereocenters. The Hall–Kier alpha value is -0.750. The summed E-state index contributed by atoms with van der Waals surface area (Å²) in [5, 5.41) is 18.2.